The van der Waals surface area contributed by atoms with E-state index in [2.05, 4.69) is 15.5 Å². The van der Waals surface area contributed by atoms with Crippen LogP contribution in [0.4, 0.5) is 5.69 Å². The molecule has 2 heterocycles. The van der Waals surface area contributed by atoms with Crippen molar-refractivity contribution in [2.24, 2.45) is 7.05 Å². The average Bonchev–Trinajstić information content (AvgIpc) is 3.15. The molecule has 1 N–H and O–H groups in total. The smallest absolute Gasteiger partial charge is 0.173 e. The molecule has 28 heavy (non-hydrogen) atoms. The lowest BCUT2D eigenvalue weighted by molar-refractivity contribution is 0.495. The number of aryl methyl sites for hydroxylation is 2. The van der Waals surface area contributed by atoms with Gasteiger partial charge in [0.1, 0.15) is 0 Å². The van der Waals surface area contributed by atoms with Crippen LogP contribution in [0.3, 0.4) is 0 Å². The Kier molecular flexibility index (Phi) is 6.27. The minimum absolute atomic E-state index is 0.556. The summed E-state index contributed by atoms with van der Waals surface area (Å²) in [6.45, 7) is 5.14. The first-order chi connectivity index (χ1) is 13.2. The molecular weight excluding hydrogens is 415 g/mol. The second-order valence-electron chi connectivity index (χ2n) is 6.71. The van der Waals surface area contributed by atoms with Crippen LogP contribution >= 0.6 is 35.4 Å². The summed E-state index contributed by atoms with van der Waals surface area (Å²) in [6, 6.07) is 7.46. The highest BCUT2D eigenvalue weighted by Gasteiger charge is 2.16. The summed E-state index contributed by atoms with van der Waals surface area (Å²) in [6.07, 6.45) is 1.92. The fraction of sp³-hybridized carbons (Fsp3) is 0.316. The number of hydrogen-bond donors (Lipinski definition) is 1. The summed E-state index contributed by atoms with van der Waals surface area (Å²) in [5.74, 6) is 0. The minimum Gasteiger partial charge on any atom is -0.346 e. The summed E-state index contributed by atoms with van der Waals surface area (Å²) in [4.78, 5) is 1.95. The van der Waals surface area contributed by atoms with Crippen LogP contribution in [0.15, 0.2) is 30.5 Å². The van der Waals surface area contributed by atoms with Crippen LogP contribution in [0.1, 0.15) is 22.6 Å². The SMILES string of the molecule is Cc1nn(Cc2ccc(Cl)cc2Cl)c(C)c1NC(=S)N(C)Cc1ccn(C)n1. The predicted molar refractivity (Wildman–Crippen MR) is 118 cm³/mol. The van der Waals surface area contributed by atoms with Crippen molar-refractivity contribution in [3.63, 3.8) is 0 Å². The first-order valence-electron chi connectivity index (χ1n) is 8.73. The van der Waals surface area contributed by atoms with Gasteiger partial charge >= 0.3 is 0 Å². The van der Waals surface area contributed by atoms with Gasteiger partial charge in [-0.1, -0.05) is 29.3 Å². The highest BCUT2D eigenvalue weighted by atomic mass is 35.5. The molecule has 148 valence electrons. The van der Waals surface area contributed by atoms with Crippen LogP contribution in [0.2, 0.25) is 10.0 Å². The van der Waals surface area contributed by atoms with Crippen LogP contribution in [0.25, 0.3) is 0 Å². The summed E-state index contributed by atoms with van der Waals surface area (Å²) in [7, 11) is 3.83. The number of anilines is 1. The predicted octanol–water partition coefficient (Wildman–Crippen LogP) is 4.42. The number of rotatable bonds is 5. The van der Waals surface area contributed by atoms with Crippen molar-refractivity contribution in [1.82, 2.24) is 24.5 Å². The van der Waals surface area contributed by atoms with Crippen LogP contribution in [0, 0.1) is 13.8 Å². The molecule has 0 atom stereocenters. The van der Waals surface area contributed by atoms with Crippen molar-refractivity contribution < 1.29 is 0 Å². The number of thiocarbonyl (C=S) groups is 1. The largest absolute Gasteiger partial charge is 0.346 e. The van der Waals surface area contributed by atoms with Gasteiger partial charge in [0.05, 0.1) is 35.9 Å². The molecule has 3 rings (SSSR count). The lowest BCUT2D eigenvalue weighted by atomic mass is 10.2. The number of halogens is 2. The number of benzene rings is 1. The highest BCUT2D eigenvalue weighted by molar-refractivity contribution is 7.80. The van der Waals surface area contributed by atoms with Gasteiger partial charge in [-0.2, -0.15) is 10.2 Å². The Bertz CT molecular complexity index is 1010. The third-order valence-electron chi connectivity index (χ3n) is 4.46. The Morgan fingerprint density at radius 3 is 2.61 bits per heavy atom. The molecule has 0 amide bonds. The molecule has 0 radical (unpaired) electrons. The molecule has 0 aliphatic heterocycles. The summed E-state index contributed by atoms with van der Waals surface area (Å²) < 4.78 is 3.69. The molecule has 9 heteroatoms. The Hall–Kier alpha value is -2.09. The van der Waals surface area contributed by atoms with Crippen LogP contribution in [-0.4, -0.2) is 36.6 Å². The van der Waals surface area contributed by atoms with E-state index in [-0.39, 0.29) is 0 Å². The summed E-state index contributed by atoms with van der Waals surface area (Å²) in [5, 5.41) is 14.2. The second-order valence-corrected chi connectivity index (χ2v) is 7.94. The minimum atomic E-state index is 0.556. The molecule has 0 aliphatic carbocycles. The van der Waals surface area contributed by atoms with Gasteiger partial charge in [-0.3, -0.25) is 9.36 Å². The fourth-order valence-corrected chi connectivity index (χ4v) is 3.54. The first-order valence-corrected chi connectivity index (χ1v) is 9.89. The van der Waals surface area contributed by atoms with Crippen LogP contribution in [0.5, 0.6) is 0 Å². The van der Waals surface area contributed by atoms with E-state index >= 15 is 0 Å². The lowest BCUT2D eigenvalue weighted by Crippen LogP contribution is -2.31. The van der Waals surface area contributed by atoms with Crippen LogP contribution < -0.4 is 5.32 Å². The first kappa shape index (κ1) is 20.6. The molecule has 0 aliphatic rings. The molecule has 1 aromatic carbocycles. The normalized spacial score (nSPS) is 10.9. The van der Waals surface area contributed by atoms with E-state index in [0.29, 0.717) is 28.2 Å². The van der Waals surface area contributed by atoms with E-state index in [9.17, 15) is 0 Å². The van der Waals surface area contributed by atoms with Gasteiger partial charge < -0.3 is 10.2 Å². The topological polar surface area (TPSA) is 50.9 Å². The van der Waals surface area contributed by atoms with Gasteiger partial charge in [-0.25, -0.2) is 0 Å². The molecule has 0 saturated heterocycles. The molecular formula is C19H22Cl2N6S. The highest BCUT2D eigenvalue weighted by Crippen LogP contribution is 2.25. The van der Waals surface area contributed by atoms with Crippen molar-refractivity contribution in [3.8, 4) is 0 Å². The summed E-state index contributed by atoms with van der Waals surface area (Å²) >= 11 is 17.9. The zero-order chi connectivity index (χ0) is 20.4. The van der Waals surface area contributed by atoms with Crippen molar-refractivity contribution in [2.45, 2.75) is 26.9 Å². The second kappa shape index (κ2) is 8.51. The molecule has 0 unspecified atom stereocenters. The van der Waals surface area contributed by atoms with Gasteiger partial charge in [0.25, 0.3) is 0 Å². The molecule has 2 aromatic heterocycles. The third-order valence-corrected chi connectivity index (χ3v) is 5.46. The van der Waals surface area contributed by atoms with Gasteiger partial charge in [-0.05, 0) is 49.8 Å². The zero-order valence-electron chi connectivity index (χ0n) is 16.2. The van der Waals surface area contributed by atoms with E-state index in [0.717, 1.165) is 28.3 Å². The molecule has 6 nitrogen and oxygen atoms in total. The Morgan fingerprint density at radius 2 is 1.96 bits per heavy atom. The molecule has 0 bridgehead atoms. The number of hydrogen-bond acceptors (Lipinski definition) is 3. The van der Waals surface area contributed by atoms with Crippen molar-refractivity contribution in [2.75, 3.05) is 12.4 Å². The maximum absolute atomic E-state index is 6.31. The average molecular weight is 437 g/mol. The van der Waals surface area contributed by atoms with Gasteiger partial charge in [0, 0.05) is 30.3 Å². The third kappa shape index (κ3) is 4.66. The van der Waals surface area contributed by atoms with Crippen LogP contribution in [-0.2, 0) is 20.1 Å². The monoisotopic (exact) mass is 436 g/mol. The maximum atomic E-state index is 6.31. The van der Waals surface area contributed by atoms with E-state index < -0.39 is 0 Å². The Balaban J connectivity index is 1.73. The fourth-order valence-electron chi connectivity index (χ4n) is 2.91. The number of aromatic nitrogens is 4. The number of nitrogens with one attached hydrogen (secondary N) is 1. The Labute approximate surface area is 180 Å². The standard InChI is InChI=1S/C19H22Cl2N6S/c1-12-18(22-19(28)25(3)11-16-7-8-26(4)24-16)13(2)27(23-12)10-14-5-6-15(20)9-17(14)21/h5-9H,10-11H2,1-4H3,(H,22,28). The molecule has 0 fully saturated rings. The molecule has 3 aromatic rings. The van der Waals surface area contributed by atoms with E-state index in [1.54, 1.807) is 10.7 Å². The number of nitrogens with zero attached hydrogens (tertiary/aromatic N) is 5. The van der Waals surface area contributed by atoms with Gasteiger partial charge in [-0.15, -0.1) is 0 Å². The maximum Gasteiger partial charge on any atom is 0.173 e. The Morgan fingerprint density at radius 1 is 1.21 bits per heavy atom. The molecule has 0 saturated carbocycles. The van der Waals surface area contributed by atoms with Crippen molar-refractivity contribution in [3.05, 3.63) is 63.2 Å². The molecule has 0 spiro atoms. The van der Waals surface area contributed by atoms with E-state index in [4.69, 9.17) is 35.4 Å². The van der Waals surface area contributed by atoms with Gasteiger partial charge in [0.2, 0.25) is 0 Å². The van der Waals surface area contributed by atoms with Gasteiger partial charge in [0.15, 0.2) is 5.11 Å². The lowest BCUT2D eigenvalue weighted by Gasteiger charge is -2.20. The quantitative estimate of drug-likeness (QED) is 0.599. The van der Waals surface area contributed by atoms with Crippen molar-refractivity contribution >= 4 is 46.2 Å². The summed E-state index contributed by atoms with van der Waals surface area (Å²) in [5.41, 5.74) is 4.67. The van der Waals surface area contributed by atoms with E-state index in [1.807, 2.05) is 61.9 Å². The zero-order valence-corrected chi connectivity index (χ0v) is 18.5. The van der Waals surface area contributed by atoms with Crippen molar-refractivity contribution in [1.29, 1.82) is 0 Å². The van der Waals surface area contributed by atoms with E-state index in [1.165, 1.54) is 0 Å².